The normalized spacial score (nSPS) is 11.3. The molecule has 0 radical (unpaired) electrons. The summed E-state index contributed by atoms with van der Waals surface area (Å²) in [5.41, 5.74) is -0.170. The van der Waals surface area contributed by atoms with Gasteiger partial charge >= 0.3 is 11.9 Å². The highest BCUT2D eigenvalue weighted by Crippen LogP contribution is 2.21. The summed E-state index contributed by atoms with van der Waals surface area (Å²) in [5, 5.41) is 24.9. The zero-order valence-electron chi connectivity index (χ0n) is 11.6. The summed E-state index contributed by atoms with van der Waals surface area (Å²) in [6, 6.07) is 0.969. The minimum atomic E-state index is -1.38. The molecule has 0 saturated heterocycles. The van der Waals surface area contributed by atoms with E-state index >= 15 is 0 Å². The number of ether oxygens (including phenoxy) is 1. The van der Waals surface area contributed by atoms with Crippen LogP contribution in [0.3, 0.4) is 0 Å². The molecular weight excluding hydrogens is 284 g/mol. The molecule has 0 aliphatic rings. The smallest absolute Gasteiger partial charge is 0.413 e. The van der Waals surface area contributed by atoms with E-state index in [1.54, 1.807) is 0 Å². The molecule has 1 amide bonds. The summed E-state index contributed by atoms with van der Waals surface area (Å²) in [4.78, 5) is 20.5. The first-order chi connectivity index (χ1) is 9.19. The molecule has 0 aromatic carbocycles. The largest absolute Gasteiger partial charge is 0.465 e. The lowest BCUT2D eigenvalue weighted by molar-refractivity contribution is -0.389. The van der Waals surface area contributed by atoms with E-state index in [0.29, 0.717) is 6.61 Å². The Hall–Kier alpha value is -1.94. The van der Waals surface area contributed by atoms with Crippen LogP contribution < -0.4 is 5.32 Å². The number of amides is 1. The number of nitrogens with one attached hydrogen (secondary N) is 1. The second kappa shape index (κ2) is 6.48. The van der Waals surface area contributed by atoms with Crippen LogP contribution in [0.15, 0.2) is 6.20 Å². The Morgan fingerprint density at radius 1 is 1.60 bits per heavy atom. The second-order valence-corrected chi connectivity index (χ2v) is 11.1. The maximum atomic E-state index is 10.7. The molecule has 0 fully saturated rings. The van der Waals surface area contributed by atoms with Crippen molar-refractivity contribution in [1.29, 1.82) is 0 Å². The Bertz CT molecular complexity index is 496. The number of carbonyl (C=O) groups is 1. The number of nitrogens with zero attached hydrogens (tertiary/aromatic N) is 3. The number of rotatable bonds is 7. The van der Waals surface area contributed by atoms with Crippen LogP contribution in [-0.2, 0) is 11.5 Å². The van der Waals surface area contributed by atoms with Gasteiger partial charge in [-0.3, -0.25) is 5.32 Å². The van der Waals surface area contributed by atoms with Crippen molar-refractivity contribution in [3.63, 3.8) is 0 Å². The van der Waals surface area contributed by atoms with Crippen LogP contribution in [0.1, 0.15) is 0 Å². The van der Waals surface area contributed by atoms with E-state index in [-0.39, 0.29) is 12.4 Å². The molecule has 10 heteroatoms. The molecule has 0 spiro atoms. The fourth-order valence-corrected chi connectivity index (χ4v) is 2.11. The third kappa shape index (κ3) is 5.36. The molecule has 0 atom stereocenters. The van der Waals surface area contributed by atoms with Crippen LogP contribution in [0, 0.1) is 10.1 Å². The van der Waals surface area contributed by atoms with Gasteiger partial charge in [0, 0.05) is 14.7 Å². The lowest BCUT2D eigenvalue weighted by Crippen LogP contribution is -2.22. The van der Waals surface area contributed by atoms with Gasteiger partial charge in [-0.05, 0) is 11.0 Å². The Balaban J connectivity index is 2.63. The predicted octanol–water partition coefficient (Wildman–Crippen LogP) is 2.19. The number of aromatic nitrogens is 2. The molecule has 1 aromatic heterocycles. The molecule has 9 nitrogen and oxygen atoms in total. The fourth-order valence-electron chi connectivity index (χ4n) is 1.35. The molecule has 1 rings (SSSR count). The highest BCUT2D eigenvalue weighted by molar-refractivity contribution is 6.76. The van der Waals surface area contributed by atoms with Crippen molar-refractivity contribution in [2.45, 2.75) is 32.4 Å². The number of carboxylic acid groups (broad SMARTS) is 1. The molecule has 0 unspecified atom stereocenters. The molecule has 20 heavy (non-hydrogen) atoms. The zero-order valence-corrected chi connectivity index (χ0v) is 12.6. The molecule has 1 aromatic rings. The highest BCUT2D eigenvalue weighted by atomic mass is 28.3. The average molecular weight is 302 g/mol. The summed E-state index contributed by atoms with van der Waals surface area (Å²) in [7, 11) is -1.19. The SMILES string of the molecule is C[Si](C)(C)CCOCn1cc(NC(=O)O)c([N+](=O)[O-])n1. The third-order valence-corrected chi connectivity index (χ3v) is 4.08. The summed E-state index contributed by atoms with van der Waals surface area (Å²) < 4.78 is 6.59. The standard InChI is InChI=1S/C10H18N4O5Si/c1-20(2,3)5-4-19-7-13-6-8(11-10(15)16)9(12-13)14(17)18/h6,11H,4-5,7H2,1-3H3,(H,15,16). The van der Waals surface area contributed by atoms with E-state index in [9.17, 15) is 14.9 Å². The lowest BCUT2D eigenvalue weighted by atomic mass is 10.5. The topological polar surface area (TPSA) is 120 Å². The predicted molar refractivity (Wildman–Crippen MR) is 74.6 cm³/mol. The van der Waals surface area contributed by atoms with E-state index in [2.05, 4.69) is 24.7 Å². The van der Waals surface area contributed by atoms with Crippen molar-refractivity contribution in [3.05, 3.63) is 16.3 Å². The number of hydrogen-bond acceptors (Lipinski definition) is 5. The number of hydrogen-bond donors (Lipinski definition) is 2. The maximum Gasteiger partial charge on any atom is 0.413 e. The Labute approximate surface area is 116 Å². The first kappa shape index (κ1) is 16.1. The first-order valence-corrected chi connectivity index (χ1v) is 9.69. The average Bonchev–Trinajstić information content (AvgIpc) is 2.65. The molecule has 0 aliphatic carbocycles. The molecule has 0 bridgehead atoms. The van der Waals surface area contributed by atoms with Crippen molar-refractivity contribution in [2.75, 3.05) is 11.9 Å². The van der Waals surface area contributed by atoms with Gasteiger partial charge in [0.15, 0.2) is 12.4 Å². The monoisotopic (exact) mass is 302 g/mol. The van der Waals surface area contributed by atoms with Gasteiger partial charge in [0.05, 0.1) is 11.3 Å². The van der Waals surface area contributed by atoms with Gasteiger partial charge in [-0.2, -0.15) is 4.68 Å². The third-order valence-electron chi connectivity index (χ3n) is 2.38. The highest BCUT2D eigenvalue weighted by Gasteiger charge is 2.22. The number of nitro groups is 1. The van der Waals surface area contributed by atoms with Crippen molar-refractivity contribution in [2.24, 2.45) is 0 Å². The summed E-state index contributed by atoms with van der Waals surface area (Å²) in [6.45, 7) is 7.23. The van der Waals surface area contributed by atoms with Crippen molar-refractivity contribution in [1.82, 2.24) is 9.78 Å². The molecule has 0 saturated carbocycles. The van der Waals surface area contributed by atoms with E-state index in [1.165, 1.54) is 10.9 Å². The fraction of sp³-hybridized carbons (Fsp3) is 0.600. The number of anilines is 1. The Morgan fingerprint density at radius 3 is 2.75 bits per heavy atom. The van der Waals surface area contributed by atoms with Gasteiger partial charge < -0.3 is 20.0 Å². The first-order valence-electron chi connectivity index (χ1n) is 5.98. The van der Waals surface area contributed by atoms with Crippen LogP contribution in [0.25, 0.3) is 0 Å². The van der Waals surface area contributed by atoms with Crippen LogP contribution >= 0.6 is 0 Å². The van der Waals surface area contributed by atoms with Crippen molar-refractivity contribution < 1.29 is 19.6 Å². The van der Waals surface area contributed by atoms with E-state index in [0.717, 1.165) is 6.04 Å². The molecule has 112 valence electrons. The van der Waals surface area contributed by atoms with Gasteiger partial charge in [0.25, 0.3) is 0 Å². The minimum Gasteiger partial charge on any atom is -0.465 e. The van der Waals surface area contributed by atoms with Crippen LogP contribution in [-0.4, -0.2) is 40.6 Å². The summed E-state index contributed by atoms with van der Waals surface area (Å²) in [6.07, 6.45) is -0.145. The van der Waals surface area contributed by atoms with Gasteiger partial charge in [0.2, 0.25) is 0 Å². The Kier molecular flexibility index (Phi) is 5.22. The maximum absolute atomic E-state index is 10.7. The minimum absolute atomic E-state index is 0.0482. The lowest BCUT2D eigenvalue weighted by Gasteiger charge is -2.14. The second-order valence-electron chi connectivity index (χ2n) is 5.44. The Morgan fingerprint density at radius 2 is 2.25 bits per heavy atom. The van der Waals surface area contributed by atoms with Gasteiger partial charge in [-0.15, -0.1) is 0 Å². The van der Waals surface area contributed by atoms with Crippen LogP contribution in [0.2, 0.25) is 25.7 Å². The van der Waals surface area contributed by atoms with E-state index < -0.39 is 24.9 Å². The van der Waals surface area contributed by atoms with E-state index in [4.69, 9.17) is 9.84 Å². The molecule has 0 aliphatic heterocycles. The molecule has 1 heterocycles. The summed E-state index contributed by atoms with van der Waals surface area (Å²) in [5.74, 6) is -0.541. The van der Waals surface area contributed by atoms with Gasteiger partial charge in [0.1, 0.15) is 0 Å². The van der Waals surface area contributed by atoms with Crippen molar-refractivity contribution in [3.8, 4) is 0 Å². The van der Waals surface area contributed by atoms with Gasteiger partial charge in [-0.1, -0.05) is 19.6 Å². The zero-order chi connectivity index (χ0) is 15.3. The molecule has 2 N–H and O–H groups in total. The van der Waals surface area contributed by atoms with Crippen LogP contribution in [0.5, 0.6) is 0 Å². The van der Waals surface area contributed by atoms with Crippen molar-refractivity contribution >= 4 is 25.7 Å². The van der Waals surface area contributed by atoms with Gasteiger partial charge in [-0.25, -0.2) is 4.79 Å². The van der Waals surface area contributed by atoms with Crippen LogP contribution in [0.4, 0.5) is 16.3 Å². The van der Waals surface area contributed by atoms with E-state index in [1.807, 2.05) is 5.32 Å². The quantitative estimate of drug-likeness (QED) is 0.345. The summed E-state index contributed by atoms with van der Waals surface area (Å²) >= 11 is 0. The molecular formula is C10H18N4O5Si.